The fourth-order valence-corrected chi connectivity index (χ4v) is 9.77. The van der Waals surface area contributed by atoms with Crippen molar-refractivity contribution in [1.82, 2.24) is 18.8 Å². The number of fused-ring (bicyclic) bond motifs is 2. The molecule has 1 aliphatic rings. The molecular weight excluding hydrogens is 943 g/mol. The minimum absolute atomic E-state index is 0.0153. The summed E-state index contributed by atoms with van der Waals surface area (Å²) in [4.78, 5) is 44.5. The molecule has 7 aromatic carbocycles. The average Bonchev–Trinajstić information content (AvgIpc) is 3.82. The molecule has 2 amide bonds. The molecule has 10 rings (SSSR count). The third-order valence-electron chi connectivity index (χ3n) is 12.1. The lowest BCUT2D eigenvalue weighted by atomic mass is 10.0. The smallest absolute Gasteiger partial charge is 0.333 e. The van der Waals surface area contributed by atoms with E-state index in [2.05, 4.69) is 5.32 Å². The molecule has 9 aromatic rings. The number of amides is 2. The number of hydrogen-bond acceptors (Lipinski definition) is 9. The number of halogens is 2. The Kier molecular flexibility index (Phi) is 12.9. The number of benzene rings is 7. The van der Waals surface area contributed by atoms with Crippen molar-refractivity contribution in [2.24, 2.45) is 0 Å². The van der Waals surface area contributed by atoms with Crippen molar-refractivity contribution < 1.29 is 41.0 Å². The van der Waals surface area contributed by atoms with Crippen molar-refractivity contribution in [3.05, 3.63) is 208 Å². The van der Waals surface area contributed by atoms with Crippen LogP contribution in [0.15, 0.2) is 169 Å². The van der Waals surface area contributed by atoms with E-state index in [9.17, 15) is 22.8 Å². The van der Waals surface area contributed by atoms with Gasteiger partial charge in [-0.3, -0.25) is 18.7 Å². The number of pyridine rings is 1. The van der Waals surface area contributed by atoms with E-state index in [1.807, 2.05) is 78.4 Å². The van der Waals surface area contributed by atoms with Gasteiger partial charge < -0.3 is 19.5 Å². The molecule has 362 valence electrons. The molecule has 1 saturated heterocycles. The largest absolute Gasteiger partial charge is 0.487 e. The van der Waals surface area contributed by atoms with Gasteiger partial charge in [-0.25, -0.2) is 22.6 Å². The first kappa shape index (κ1) is 46.9. The van der Waals surface area contributed by atoms with Crippen LogP contribution in [-0.2, 0) is 52.6 Å². The van der Waals surface area contributed by atoms with Gasteiger partial charge >= 0.3 is 15.9 Å². The fraction of sp³-hybridized carbons (Fsp3) is 0.127. The molecule has 0 bridgehead atoms. The molecule has 3 heterocycles. The predicted molar refractivity (Wildman–Crippen MR) is 269 cm³/mol. The summed E-state index contributed by atoms with van der Waals surface area (Å²) >= 11 is 0. The lowest BCUT2D eigenvalue weighted by Crippen LogP contribution is -2.30. The Morgan fingerprint density at radius 1 is 0.708 bits per heavy atom. The highest BCUT2D eigenvalue weighted by molar-refractivity contribution is 7.92. The quantitative estimate of drug-likeness (QED) is 0.0961. The first-order chi connectivity index (χ1) is 34.9. The monoisotopic (exact) mass is 986 g/mol. The van der Waals surface area contributed by atoms with Crippen molar-refractivity contribution in [2.45, 2.75) is 39.7 Å². The standard InChI is InChI=1S/C55H44F2N6O8S/c1-2-61-47-29-39(19-23-45(47)63(55(61)66)46-24-25-51(70-33-36-14-8-4-9-15-36)59-54(46)71-34-37-16-10-5-11-17-37)42-21-18-38(26-44(42)56)27-49(64)58-41-20-22-43-40(28-41)30-48(69-32-35-12-6-3-7-13-35)53(52(43)57)62-31-50(65)60-72(62,67)68/h3-26,28-30H,2,27,31-34H2,1H3,(H,58,64)(H,60,65). The number of ether oxygens (including phenoxy) is 3. The number of aromatic nitrogens is 3. The molecule has 14 nitrogen and oxygen atoms in total. The number of anilines is 2. The van der Waals surface area contributed by atoms with Gasteiger partial charge in [-0.2, -0.15) is 13.4 Å². The van der Waals surface area contributed by atoms with Crippen molar-refractivity contribution in [1.29, 1.82) is 0 Å². The minimum Gasteiger partial charge on any atom is -0.487 e. The van der Waals surface area contributed by atoms with Crippen molar-refractivity contribution in [2.75, 3.05) is 16.2 Å². The third-order valence-corrected chi connectivity index (χ3v) is 13.4. The van der Waals surface area contributed by atoms with Gasteiger partial charge in [0.2, 0.25) is 17.7 Å². The first-order valence-corrected chi connectivity index (χ1v) is 24.3. The Morgan fingerprint density at radius 2 is 1.38 bits per heavy atom. The highest BCUT2D eigenvalue weighted by Gasteiger charge is 2.38. The van der Waals surface area contributed by atoms with Gasteiger partial charge in [-0.15, -0.1) is 0 Å². The second-order valence-corrected chi connectivity index (χ2v) is 18.5. The number of hydrogen-bond donors (Lipinski definition) is 2. The molecule has 0 radical (unpaired) electrons. The third kappa shape index (κ3) is 9.69. The molecule has 0 aliphatic carbocycles. The molecule has 0 spiro atoms. The average molecular weight is 987 g/mol. The van der Waals surface area contributed by atoms with Crippen molar-refractivity contribution in [3.8, 4) is 34.3 Å². The fourth-order valence-electron chi connectivity index (χ4n) is 8.61. The molecule has 0 unspecified atom stereocenters. The molecule has 1 aliphatic heterocycles. The zero-order valence-corrected chi connectivity index (χ0v) is 39.4. The van der Waals surface area contributed by atoms with E-state index in [4.69, 9.17) is 19.2 Å². The maximum Gasteiger partial charge on any atom is 0.333 e. The second kappa shape index (κ2) is 19.9. The van der Waals surface area contributed by atoms with E-state index < -0.39 is 45.9 Å². The van der Waals surface area contributed by atoms with Crippen LogP contribution in [0.4, 0.5) is 20.2 Å². The Balaban J connectivity index is 0.891. The Labute approximate surface area is 411 Å². The highest BCUT2D eigenvalue weighted by Crippen LogP contribution is 2.41. The van der Waals surface area contributed by atoms with Crippen LogP contribution >= 0.6 is 0 Å². The van der Waals surface area contributed by atoms with E-state index in [-0.39, 0.29) is 65.6 Å². The minimum atomic E-state index is -4.39. The molecule has 17 heteroatoms. The summed E-state index contributed by atoms with van der Waals surface area (Å²) in [5.74, 6) is -2.47. The Hall–Kier alpha value is -8.83. The van der Waals surface area contributed by atoms with Crippen LogP contribution in [0, 0.1) is 11.6 Å². The summed E-state index contributed by atoms with van der Waals surface area (Å²) in [6.07, 6.45) is -0.210. The number of aryl methyl sites for hydroxylation is 1. The summed E-state index contributed by atoms with van der Waals surface area (Å²) in [5.41, 5.74) is 4.73. The topological polar surface area (TPSA) is 163 Å². The molecule has 1 fully saturated rings. The highest BCUT2D eigenvalue weighted by atomic mass is 32.2. The van der Waals surface area contributed by atoms with Crippen LogP contribution in [0.1, 0.15) is 29.2 Å². The Morgan fingerprint density at radius 3 is 2.01 bits per heavy atom. The van der Waals surface area contributed by atoms with Crippen LogP contribution in [0.5, 0.6) is 17.5 Å². The summed E-state index contributed by atoms with van der Waals surface area (Å²) in [5, 5.41) is 3.08. The molecular formula is C55H44F2N6O8S. The Bertz CT molecular complexity index is 3710. The van der Waals surface area contributed by atoms with Gasteiger partial charge in [0, 0.05) is 29.2 Å². The molecule has 0 saturated carbocycles. The number of carbonyl (C=O) groups is 2. The number of rotatable bonds is 16. The number of nitrogens with zero attached hydrogens (tertiary/aromatic N) is 4. The van der Waals surface area contributed by atoms with E-state index in [1.54, 1.807) is 71.3 Å². The molecule has 2 N–H and O–H groups in total. The first-order valence-electron chi connectivity index (χ1n) is 22.9. The zero-order valence-electron chi connectivity index (χ0n) is 38.6. The van der Waals surface area contributed by atoms with Gasteiger partial charge in [-0.05, 0) is 88.7 Å². The number of nitrogens with one attached hydrogen (secondary N) is 2. The van der Waals surface area contributed by atoms with Crippen LogP contribution in [0.3, 0.4) is 0 Å². The van der Waals surface area contributed by atoms with Gasteiger partial charge in [0.05, 0.1) is 17.5 Å². The van der Waals surface area contributed by atoms with E-state index in [1.165, 1.54) is 34.9 Å². The number of imidazole rings is 1. The lowest BCUT2D eigenvalue weighted by molar-refractivity contribution is -0.117. The van der Waals surface area contributed by atoms with E-state index in [0.29, 0.717) is 44.6 Å². The zero-order chi connectivity index (χ0) is 49.9. The normalized spacial score (nSPS) is 13.0. The van der Waals surface area contributed by atoms with Gasteiger partial charge in [-0.1, -0.05) is 109 Å². The summed E-state index contributed by atoms with van der Waals surface area (Å²) in [7, 11) is -4.39. The SMILES string of the molecule is CCn1c(=O)n(-c2ccc(OCc3ccccc3)nc2OCc2ccccc2)c2ccc(-c3ccc(CC(=O)Nc4ccc5c(F)c(N6CC(=O)NS6(=O)=O)c(OCc6ccccc6)cc5c4)cc3F)cc21. The summed E-state index contributed by atoms with van der Waals surface area (Å²) in [6.45, 7) is 1.95. The summed E-state index contributed by atoms with van der Waals surface area (Å²) in [6, 6.07) is 47.2. The molecule has 72 heavy (non-hydrogen) atoms. The maximum absolute atomic E-state index is 16.3. The number of carbonyl (C=O) groups excluding carboxylic acids is 2. The van der Waals surface area contributed by atoms with Crippen molar-refractivity contribution in [3.63, 3.8) is 0 Å². The lowest BCUT2D eigenvalue weighted by Gasteiger charge is -2.21. The molecule has 0 atom stereocenters. The van der Waals surface area contributed by atoms with E-state index >= 15 is 8.78 Å². The predicted octanol–water partition coefficient (Wildman–Crippen LogP) is 9.40. The van der Waals surface area contributed by atoms with Crippen LogP contribution in [0.2, 0.25) is 0 Å². The van der Waals surface area contributed by atoms with Crippen LogP contribution in [0.25, 0.3) is 38.6 Å². The van der Waals surface area contributed by atoms with Crippen molar-refractivity contribution >= 4 is 55.2 Å². The van der Waals surface area contributed by atoms with Gasteiger partial charge in [0.1, 0.15) is 49.3 Å². The second-order valence-electron chi connectivity index (χ2n) is 16.9. The van der Waals surface area contributed by atoms with Crippen LogP contribution < -0.4 is 34.2 Å². The molecule has 2 aromatic heterocycles. The van der Waals surface area contributed by atoms with E-state index in [0.717, 1.165) is 16.7 Å². The summed E-state index contributed by atoms with van der Waals surface area (Å²) < 4.78 is 82.1. The maximum atomic E-state index is 16.3. The van der Waals surface area contributed by atoms with Gasteiger partial charge in [0.15, 0.2) is 5.82 Å². The van der Waals surface area contributed by atoms with Crippen LogP contribution in [-0.4, -0.2) is 40.9 Å². The van der Waals surface area contributed by atoms with Gasteiger partial charge in [0.25, 0.3) is 5.91 Å².